The van der Waals surface area contributed by atoms with Crippen molar-refractivity contribution in [3.63, 3.8) is 0 Å². The van der Waals surface area contributed by atoms with Gasteiger partial charge < -0.3 is 8.82 Å². The van der Waals surface area contributed by atoms with E-state index in [-0.39, 0.29) is 10.8 Å². The molecule has 3 aromatic heterocycles. The lowest BCUT2D eigenvalue weighted by Gasteiger charge is -2.46. The SMILES string of the molecule is CC12CC3CC(C1)CC(C)(C3)c1cc3c(cc12)c1cc(-c2cccc4c2oc2ccccc24)cc2c4c5c(c(C#N)cc4n3c12)C1CCC5CC1. The van der Waals surface area contributed by atoms with E-state index in [1.807, 2.05) is 0 Å². The largest absolute Gasteiger partial charge is 0.455 e. The minimum Gasteiger partial charge on any atom is -0.455 e. The fraction of sp³-hybridized carbons (Fsp3) is 0.354. The molecular formula is C48H40N2O. The lowest BCUT2D eigenvalue weighted by molar-refractivity contribution is 0.0899. The molecule has 2 unspecified atom stereocenters. The molecular weight excluding hydrogens is 621 g/mol. The second kappa shape index (κ2) is 8.97. The minimum atomic E-state index is 0.223. The van der Waals surface area contributed by atoms with Gasteiger partial charge in [0.25, 0.3) is 0 Å². The predicted octanol–water partition coefficient (Wildman–Crippen LogP) is 12.8. The first kappa shape index (κ1) is 27.9. The zero-order chi connectivity index (χ0) is 33.5. The summed E-state index contributed by atoms with van der Waals surface area (Å²) in [5, 5.41) is 18.5. The molecule has 7 aliphatic rings. The second-order valence-electron chi connectivity index (χ2n) is 18.2. The van der Waals surface area contributed by atoms with E-state index in [4.69, 9.17) is 4.42 Å². The number of hydrogen-bond acceptors (Lipinski definition) is 2. The number of nitrogens with zero attached hydrogens (tertiary/aromatic N) is 2. The highest BCUT2D eigenvalue weighted by atomic mass is 16.3. The maximum absolute atomic E-state index is 10.7. The van der Waals surface area contributed by atoms with Gasteiger partial charge in [-0.2, -0.15) is 5.26 Å². The molecule has 0 N–H and O–H groups in total. The Labute approximate surface area is 297 Å². The van der Waals surface area contributed by atoms with Crippen molar-refractivity contribution >= 4 is 60.0 Å². The molecule has 3 heterocycles. The monoisotopic (exact) mass is 660 g/mol. The molecule has 3 heteroatoms. The smallest absolute Gasteiger partial charge is 0.143 e. The van der Waals surface area contributed by atoms with Gasteiger partial charge in [-0.3, -0.25) is 0 Å². The van der Waals surface area contributed by atoms with Crippen LogP contribution in [0.25, 0.3) is 71.2 Å². The van der Waals surface area contributed by atoms with Gasteiger partial charge in [-0.15, -0.1) is 0 Å². The molecule has 0 amide bonds. The standard InChI is InChI=1S/C48H40N2O/c1-47-20-25-14-26(21-47)23-48(2,22-25)38-19-39-34(18-37(38)47)35-15-29(31-7-5-8-33-32-6-3-4-9-41(32)51-46(31)33)16-36-44-40(50(39)45(35)36)17-30(24-49)42-27-10-12-28(13-11-27)43(42)44/h3-9,15-19,25-28H,10-14,20-23H2,1-2H3. The highest BCUT2D eigenvalue weighted by molar-refractivity contribution is 6.26. The van der Waals surface area contributed by atoms with Crippen LogP contribution in [0.1, 0.15) is 111 Å². The van der Waals surface area contributed by atoms with E-state index < -0.39 is 0 Å². The summed E-state index contributed by atoms with van der Waals surface area (Å²) in [6, 6.07) is 30.4. The third kappa shape index (κ3) is 3.29. The Morgan fingerprint density at radius 2 is 1.37 bits per heavy atom. The second-order valence-corrected chi connectivity index (χ2v) is 18.2. The van der Waals surface area contributed by atoms with Crippen LogP contribution >= 0.6 is 0 Å². The van der Waals surface area contributed by atoms with Gasteiger partial charge in [0.15, 0.2) is 0 Å². The molecule has 3 nitrogen and oxygen atoms in total. The van der Waals surface area contributed by atoms with Gasteiger partial charge in [0.1, 0.15) is 11.2 Å². The lowest BCUT2D eigenvalue weighted by Crippen LogP contribution is -2.38. The maximum Gasteiger partial charge on any atom is 0.143 e. The molecule has 0 spiro atoms. The quantitative estimate of drug-likeness (QED) is 0.176. The van der Waals surface area contributed by atoms with E-state index in [0.717, 1.165) is 34.1 Å². The van der Waals surface area contributed by atoms with E-state index in [9.17, 15) is 5.26 Å². The number of rotatable bonds is 1. The van der Waals surface area contributed by atoms with E-state index in [1.54, 1.807) is 11.1 Å². The van der Waals surface area contributed by atoms with Crippen LogP contribution in [-0.4, -0.2) is 4.40 Å². The Bertz CT molecular complexity index is 2910. The van der Waals surface area contributed by atoms with Crippen LogP contribution in [0.3, 0.4) is 0 Å². The highest BCUT2D eigenvalue weighted by Crippen LogP contribution is 2.62. The molecule has 0 radical (unpaired) electrons. The Balaban J connectivity index is 1.22. The summed E-state index contributed by atoms with van der Waals surface area (Å²) < 4.78 is 9.27. The van der Waals surface area contributed by atoms with Crippen LogP contribution in [0.15, 0.2) is 77.2 Å². The third-order valence-corrected chi connectivity index (χ3v) is 15.2. The number of furan rings is 1. The lowest BCUT2D eigenvalue weighted by atomic mass is 9.58. The van der Waals surface area contributed by atoms with Crippen molar-refractivity contribution in [1.29, 1.82) is 5.26 Å². The summed E-state index contributed by atoms with van der Waals surface area (Å²) in [6.45, 7) is 5.18. The topological polar surface area (TPSA) is 41.3 Å². The molecule has 8 aromatic rings. The highest BCUT2D eigenvalue weighted by Gasteiger charge is 2.52. The van der Waals surface area contributed by atoms with Gasteiger partial charge in [-0.25, -0.2) is 0 Å². The third-order valence-electron chi connectivity index (χ3n) is 15.2. The van der Waals surface area contributed by atoms with Crippen LogP contribution in [0.5, 0.6) is 0 Å². The van der Waals surface area contributed by atoms with Gasteiger partial charge in [0.05, 0.1) is 28.2 Å². The van der Waals surface area contributed by atoms with Crippen LogP contribution in [0, 0.1) is 23.2 Å². The van der Waals surface area contributed by atoms with Crippen LogP contribution in [-0.2, 0) is 10.8 Å². The van der Waals surface area contributed by atoms with Crippen molar-refractivity contribution < 1.29 is 4.42 Å². The number of benzene rings is 5. The molecule has 51 heavy (non-hydrogen) atoms. The first-order valence-electron chi connectivity index (χ1n) is 19.6. The molecule has 248 valence electrons. The molecule has 7 aliphatic carbocycles. The summed E-state index contributed by atoms with van der Waals surface area (Å²) in [5.41, 5.74) is 15.7. The van der Waals surface area contributed by atoms with Gasteiger partial charge in [-0.1, -0.05) is 50.2 Å². The molecule has 5 aromatic carbocycles. The van der Waals surface area contributed by atoms with Crippen LogP contribution in [0.2, 0.25) is 0 Å². The molecule has 6 bridgehead atoms. The van der Waals surface area contributed by atoms with E-state index in [0.29, 0.717) is 11.8 Å². The number of fused-ring (bicyclic) bond motifs is 11. The summed E-state index contributed by atoms with van der Waals surface area (Å²) in [5.74, 6) is 2.70. The Morgan fingerprint density at radius 1 is 0.686 bits per heavy atom. The fourth-order valence-corrected chi connectivity index (χ4v) is 13.7. The summed E-state index contributed by atoms with van der Waals surface area (Å²) in [4.78, 5) is 0. The van der Waals surface area contributed by atoms with E-state index >= 15 is 0 Å². The van der Waals surface area contributed by atoms with Crippen molar-refractivity contribution in [3.05, 3.63) is 101 Å². The Morgan fingerprint density at radius 3 is 2.14 bits per heavy atom. The Kier molecular flexibility index (Phi) is 4.90. The van der Waals surface area contributed by atoms with Crippen molar-refractivity contribution in [2.75, 3.05) is 0 Å². The minimum absolute atomic E-state index is 0.223. The molecule has 0 saturated heterocycles. The van der Waals surface area contributed by atoms with Gasteiger partial charge >= 0.3 is 0 Å². The van der Waals surface area contributed by atoms with Gasteiger partial charge in [-0.05, 0) is 157 Å². The molecule has 0 aliphatic heterocycles. The average Bonchev–Trinajstić information content (AvgIpc) is 3.77. The van der Waals surface area contributed by atoms with Crippen LogP contribution < -0.4 is 0 Å². The summed E-state index contributed by atoms with van der Waals surface area (Å²) in [6.07, 6.45) is 11.6. The van der Waals surface area contributed by atoms with Gasteiger partial charge in [0.2, 0.25) is 0 Å². The normalized spacial score (nSPS) is 29.2. The zero-order valence-corrected chi connectivity index (χ0v) is 29.4. The first-order chi connectivity index (χ1) is 24.9. The molecule has 3 fully saturated rings. The number of aromatic nitrogens is 1. The number of para-hydroxylation sites is 2. The fourth-order valence-electron chi connectivity index (χ4n) is 13.7. The van der Waals surface area contributed by atoms with Crippen molar-refractivity contribution in [3.8, 4) is 17.2 Å². The molecule has 15 rings (SSSR count). The van der Waals surface area contributed by atoms with Crippen molar-refractivity contribution in [2.45, 2.75) is 94.3 Å². The molecule has 3 saturated carbocycles. The predicted molar refractivity (Wildman–Crippen MR) is 207 cm³/mol. The number of hydrogen-bond donors (Lipinski definition) is 0. The summed E-state index contributed by atoms with van der Waals surface area (Å²) >= 11 is 0. The number of nitriles is 1. The van der Waals surface area contributed by atoms with E-state index in [2.05, 4.69) is 97.1 Å². The molecule has 2 atom stereocenters. The summed E-state index contributed by atoms with van der Waals surface area (Å²) in [7, 11) is 0. The van der Waals surface area contributed by atoms with Crippen molar-refractivity contribution in [1.82, 2.24) is 4.40 Å². The zero-order valence-electron chi connectivity index (χ0n) is 29.4. The average molecular weight is 661 g/mol. The van der Waals surface area contributed by atoms with Crippen LogP contribution in [0.4, 0.5) is 0 Å². The van der Waals surface area contributed by atoms with Crippen molar-refractivity contribution in [2.24, 2.45) is 11.8 Å². The first-order valence-corrected chi connectivity index (χ1v) is 19.6. The maximum atomic E-state index is 10.7. The van der Waals surface area contributed by atoms with E-state index in [1.165, 1.54) is 123 Å². The Hall–Kier alpha value is -4.81. The van der Waals surface area contributed by atoms with Gasteiger partial charge in [0, 0.05) is 37.9 Å².